The van der Waals surface area contributed by atoms with E-state index in [0.29, 0.717) is 16.6 Å². The predicted octanol–water partition coefficient (Wildman–Crippen LogP) is 4.40. The molecule has 9 heteroatoms. The molecule has 0 saturated carbocycles. The Hall–Kier alpha value is -2.84. The van der Waals surface area contributed by atoms with E-state index >= 15 is 0 Å². The van der Waals surface area contributed by atoms with Gasteiger partial charge in [-0.1, -0.05) is 29.9 Å². The maximum Gasteiger partial charge on any atom is 0.259 e. The number of anilines is 2. The first kappa shape index (κ1) is 18.9. The Morgan fingerprint density at radius 1 is 1.07 bits per heavy atom. The zero-order chi connectivity index (χ0) is 19.4. The van der Waals surface area contributed by atoms with Crippen molar-refractivity contribution in [2.24, 2.45) is 0 Å². The average molecular weight is 405 g/mol. The fourth-order valence-electron chi connectivity index (χ4n) is 2.23. The Labute approximate surface area is 163 Å². The molecular weight excluding hydrogens is 391 g/mol. The minimum absolute atomic E-state index is 0.211. The summed E-state index contributed by atoms with van der Waals surface area (Å²) < 4.78 is 13.0. The SMILES string of the molecule is CCc1nnc(NC(=O)c2ccc(Cl)cc2NC(=O)c2ccc(F)cc2)s1. The largest absolute Gasteiger partial charge is 0.321 e. The highest BCUT2D eigenvalue weighted by atomic mass is 35.5. The number of carbonyl (C=O) groups excluding carboxylic acids is 2. The summed E-state index contributed by atoms with van der Waals surface area (Å²) in [6.45, 7) is 1.94. The number of benzene rings is 2. The van der Waals surface area contributed by atoms with Crippen molar-refractivity contribution in [2.45, 2.75) is 13.3 Å². The highest BCUT2D eigenvalue weighted by molar-refractivity contribution is 7.15. The molecule has 2 N–H and O–H groups in total. The molecule has 0 spiro atoms. The molecule has 0 aliphatic heterocycles. The van der Waals surface area contributed by atoms with E-state index in [1.807, 2.05) is 6.92 Å². The number of halogens is 2. The Kier molecular flexibility index (Phi) is 5.78. The maximum absolute atomic E-state index is 13.0. The highest BCUT2D eigenvalue weighted by Gasteiger charge is 2.17. The predicted molar refractivity (Wildman–Crippen MR) is 103 cm³/mol. The minimum atomic E-state index is -0.490. The standard InChI is InChI=1S/C18H14ClFN4O2S/c1-2-15-23-24-18(27-15)22-17(26)13-8-5-11(19)9-14(13)21-16(25)10-3-6-12(20)7-4-10/h3-9H,2H2,1H3,(H,21,25)(H,22,24,26). The number of carbonyl (C=O) groups is 2. The summed E-state index contributed by atoms with van der Waals surface area (Å²) in [5.41, 5.74) is 0.692. The smallest absolute Gasteiger partial charge is 0.259 e. The van der Waals surface area contributed by atoms with Gasteiger partial charge in [0.05, 0.1) is 11.3 Å². The first-order valence-electron chi connectivity index (χ1n) is 7.96. The van der Waals surface area contributed by atoms with Crippen LogP contribution in [0.5, 0.6) is 0 Å². The van der Waals surface area contributed by atoms with Crippen molar-refractivity contribution in [3.63, 3.8) is 0 Å². The van der Waals surface area contributed by atoms with Crippen molar-refractivity contribution in [1.82, 2.24) is 10.2 Å². The van der Waals surface area contributed by atoms with Crippen molar-refractivity contribution in [1.29, 1.82) is 0 Å². The normalized spacial score (nSPS) is 10.5. The van der Waals surface area contributed by atoms with Gasteiger partial charge in [0.2, 0.25) is 5.13 Å². The lowest BCUT2D eigenvalue weighted by molar-refractivity contribution is 0.102. The van der Waals surface area contributed by atoms with E-state index in [2.05, 4.69) is 20.8 Å². The first-order valence-corrected chi connectivity index (χ1v) is 9.16. The van der Waals surface area contributed by atoms with Crippen LogP contribution in [-0.2, 0) is 6.42 Å². The molecule has 2 aromatic carbocycles. The number of aromatic nitrogens is 2. The van der Waals surface area contributed by atoms with Gasteiger partial charge in [-0.2, -0.15) is 0 Å². The average Bonchev–Trinajstić information content (AvgIpc) is 3.09. The van der Waals surface area contributed by atoms with E-state index in [1.54, 1.807) is 6.07 Å². The number of hydrogen-bond donors (Lipinski definition) is 2. The number of amides is 2. The number of hydrogen-bond acceptors (Lipinski definition) is 5. The van der Waals surface area contributed by atoms with Crippen LogP contribution in [0.2, 0.25) is 5.02 Å². The molecule has 0 aliphatic rings. The quantitative estimate of drug-likeness (QED) is 0.660. The van der Waals surface area contributed by atoms with E-state index in [0.717, 1.165) is 5.01 Å². The lowest BCUT2D eigenvalue weighted by Gasteiger charge is -2.11. The summed E-state index contributed by atoms with van der Waals surface area (Å²) in [4.78, 5) is 25.0. The molecular formula is C18H14ClFN4O2S. The number of nitrogens with one attached hydrogen (secondary N) is 2. The second kappa shape index (κ2) is 8.24. The summed E-state index contributed by atoms with van der Waals surface area (Å²) in [6.07, 6.45) is 0.716. The zero-order valence-electron chi connectivity index (χ0n) is 14.1. The van der Waals surface area contributed by atoms with Gasteiger partial charge in [0.15, 0.2) is 0 Å². The second-order valence-electron chi connectivity index (χ2n) is 5.46. The molecule has 0 saturated heterocycles. The Morgan fingerprint density at radius 2 is 1.81 bits per heavy atom. The fraction of sp³-hybridized carbons (Fsp3) is 0.111. The van der Waals surface area contributed by atoms with Gasteiger partial charge in [0.1, 0.15) is 10.8 Å². The van der Waals surface area contributed by atoms with Crippen LogP contribution in [0.4, 0.5) is 15.2 Å². The van der Waals surface area contributed by atoms with Gasteiger partial charge in [0.25, 0.3) is 11.8 Å². The van der Waals surface area contributed by atoms with Gasteiger partial charge >= 0.3 is 0 Å². The lowest BCUT2D eigenvalue weighted by Crippen LogP contribution is -2.18. The zero-order valence-corrected chi connectivity index (χ0v) is 15.7. The first-order chi connectivity index (χ1) is 13.0. The summed E-state index contributed by atoms with van der Waals surface area (Å²) >= 11 is 7.28. The molecule has 0 radical (unpaired) electrons. The van der Waals surface area contributed by atoms with Crippen molar-refractivity contribution in [3.8, 4) is 0 Å². The number of nitrogens with zero attached hydrogens (tertiary/aromatic N) is 2. The second-order valence-corrected chi connectivity index (χ2v) is 6.96. The van der Waals surface area contributed by atoms with E-state index < -0.39 is 17.6 Å². The van der Waals surface area contributed by atoms with Crippen molar-refractivity contribution < 1.29 is 14.0 Å². The van der Waals surface area contributed by atoms with Gasteiger partial charge < -0.3 is 5.32 Å². The lowest BCUT2D eigenvalue weighted by atomic mass is 10.1. The Morgan fingerprint density at radius 3 is 2.48 bits per heavy atom. The summed E-state index contributed by atoms with van der Waals surface area (Å²) in [7, 11) is 0. The molecule has 1 heterocycles. The van der Waals surface area contributed by atoms with Crippen LogP contribution in [0.25, 0.3) is 0 Å². The molecule has 0 unspecified atom stereocenters. The molecule has 0 bridgehead atoms. The molecule has 3 aromatic rings. The molecule has 3 rings (SSSR count). The monoisotopic (exact) mass is 404 g/mol. The van der Waals surface area contributed by atoms with Crippen LogP contribution in [0, 0.1) is 5.82 Å². The molecule has 1 aromatic heterocycles. The third kappa shape index (κ3) is 4.66. The van der Waals surface area contributed by atoms with E-state index in [9.17, 15) is 14.0 Å². The Bertz CT molecular complexity index is 991. The van der Waals surface area contributed by atoms with Crippen molar-refractivity contribution in [2.75, 3.05) is 10.6 Å². The molecule has 6 nitrogen and oxygen atoms in total. The number of aryl methyl sites for hydroxylation is 1. The van der Waals surface area contributed by atoms with Gasteiger partial charge in [-0.3, -0.25) is 14.9 Å². The summed E-state index contributed by atoms with van der Waals surface area (Å²) in [5, 5.41) is 14.6. The molecule has 2 amide bonds. The maximum atomic E-state index is 13.0. The van der Waals surface area contributed by atoms with Crippen LogP contribution < -0.4 is 10.6 Å². The molecule has 0 fully saturated rings. The highest BCUT2D eigenvalue weighted by Crippen LogP contribution is 2.24. The van der Waals surface area contributed by atoms with Gasteiger partial charge in [-0.05, 0) is 48.9 Å². The molecule has 27 heavy (non-hydrogen) atoms. The fourth-order valence-corrected chi connectivity index (χ4v) is 3.07. The third-order valence-electron chi connectivity index (χ3n) is 3.57. The van der Waals surface area contributed by atoms with Gasteiger partial charge in [-0.25, -0.2) is 4.39 Å². The Balaban J connectivity index is 1.82. The van der Waals surface area contributed by atoms with E-state index in [1.165, 1.54) is 47.7 Å². The van der Waals surface area contributed by atoms with Crippen LogP contribution in [0.1, 0.15) is 32.6 Å². The van der Waals surface area contributed by atoms with Gasteiger partial charge in [0, 0.05) is 10.6 Å². The van der Waals surface area contributed by atoms with Crippen LogP contribution in [0.15, 0.2) is 42.5 Å². The summed E-state index contributed by atoms with van der Waals surface area (Å²) in [5.74, 6) is -1.40. The van der Waals surface area contributed by atoms with Gasteiger partial charge in [-0.15, -0.1) is 10.2 Å². The van der Waals surface area contributed by atoms with E-state index in [-0.39, 0.29) is 16.8 Å². The van der Waals surface area contributed by atoms with Crippen LogP contribution in [0.3, 0.4) is 0 Å². The van der Waals surface area contributed by atoms with Crippen LogP contribution in [-0.4, -0.2) is 22.0 Å². The molecule has 0 atom stereocenters. The number of rotatable bonds is 5. The minimum Gasteiger partial charge on any atom is -0.321 e. The van der Waals surface area contributed by atoms with Crippen LogP contribution >= 0.6 is 22.9 Å². The third-order valence-corrected chi connectivity index (χ3v) is 4.79. The van der Waals surface area contributed by atoms with Crippen molar-refractivity contribution in [3.05, 3.63) is 69.4 Å². The summed E-state index contributed by atoms with van der Waals surface area (Å²) in [6, 6.07) is 9.57. The molecule has 138 valence electrons. The topological polar surface area (TPSA) is 84.0 Å². The van der Waals surface area contributed by atoms with Crippen molar-refractivity contribution >= 4 is 45.6 Å². The van der Waals surface area contributed by atoms with E-state index in [4.69, 9.17) is 11.6 Å². The molecule has 0 aliphatic carbocycles.